The molecule has 0 radical (unpaired) electrons. The number of carboxylic acids is 1. The van der Waals surface area contributed by atoms with E-state index in [0.29, 0.717) is 28.5 Å². The SMILES string of the molecule is CC(C)C(C)OC(=O)C(CC(=O)O)C(=O)C(=O)N(CC=Cc1ccccc1)C(C)C(Cc1ccc(C(=O)Nc2ccccc2)o1)c1ccc2c(c1)OCO2. The summed E-state index contributed by atoms with van der Waals surface area (Å²) in [5.74, 6) is -6.19. The minimum absolute atomic E-state index is 0.0387. The second kappa shape index (κ2) is 18.0. The van der Waals surface area contributed by atoms with E-state index in [0.717, 1.165) is 5.56 Å². The number of benzene rings is 3. The highest BCUT2D eigenvalue weighted by atomic mass is 16.7. The number of nitrogens with zero attached hydrogens (tertiary/aromatic N) is 1. The molecule has 0 bridgehead atoms. The summed E-state index contributed by atoms with van der Waals surface area (Å²) in [5.41, 5.74) is 2.16. The molecule has 2 heterocycles. The molecule has 0 aliphatic carbocycles. The van der Waals surface area contributed by atoms with Crippen LogP contribution in [0.15, 0.2) is 101 Å². The van der Waals surface area contributed by atoms with Gasteiger partial charge in [-0.05, 0) is 67.3 Å². The standard InChI is InChI=1S/C42H44N2O10/c1-26(2)28(4)53-42(50)34(24-38(45)46)39(47)41(49)44(21-11-14-29-12-7-5-8-13-29)27(3)33(30-17-19-35-37(22-30)52-25-51-35)23-32-18-20-36(54-32)40(48)43-31-15-9-6-10-16-31/h5-20,22,26-28,33-34H,21,23-25H2,1-4H3,(H,43,48)(H,45,46). The second-order valence-electron chi connectivity index (χ2n) is 13.4. The average molecular weight is 737 g/mol. The summed E-state index contributed by atoms with van der Waals surface area (Å²) in [6.07, 6.45) is 2.15. The van der Waals surface area contributed by atoms with E-state index < -0.39 is 59.9 Å². The Morgan fingerprint density at radius 2 is 1.56 bits per heavy atom. The van der Waals surface area contributed by atoms with Crippen molar-refractivity contribution in [3.05, 3.63) is 120 Å². The van der Waals surface area contributed by atoms with Gasteiger partial charge in [-0.1, -0.05) is 80.6 Å². The minimum Gasteiger partial charge on any atom is -0.481 e. The van der Waals surface area contributed by atoms with Crippen LogP contribution >= 0.6 is 0 Å². The van der Waals surface area contributed by atoms with Gasteiger partial charge >= 0.3 is 11.9 Å². The Kier molecular flexibility index (Phi) is 13.0. The van der Waals surface area contributed by atoms with Crippen molar-refractivity contribution < 1.29 is 47.7 Å². The van der Waals surface area contributed by atoms with Crippen molar-refractivity contribution in [1.29, 1.82) is 0 Å². The molecule has 1 aliphatic heterocycles. The predicted octanol–water partition coefficient (Wildman–Crippen LogP) is 6.77. The average Bonchev–Trinajstić information content (AvgIpc) is 3.84. The first kappa shape index (κ1) is 39.0. The molecular weight excluding hydrogens is 692 g/mol. The number of para-hydroxylation sites is 1. The summed E-state index contributed by atoms with van der Waals surface area (Å²) in [6, 6.07) is 26.1. The van der Waals surface area contributed by atoms with E-state index in [-0.39, 0.29) is 31.4 Å². The van der Waals surface area contributed by atoms with Gasteiger partial charge in [-0.25, -0.2) is 0 Å². The molecule has 2 amide bonds. The number of carbonyl (C=O) groups excluding carboxylic acids is 4. The molecule has 282 valence electrons. The Morgan fingerprint density at radius 1 is 0.870 bits per heavy atom. The maximum Gasteiger partial charge on any atom is 0.317 e. The van der Waals surface area contributed by atoms with Gasteiger partial charge in [0.25, 0.3) is 11.8 Å². The fraction of sp³-hybridized carbons (Fsp3) is 0.310. The number of ether oxygens (including phenoxy) is 3. The summed E-state index contributed by atoms with van der Waals surface area (Å²) in [7, 11) is 0. The van der Waals surface area contributed by atoms with Crippen molar-refractivity contribution in [3.8, 4) is 11.5 Å². The Bertz CT molecular complexity index is 1970. The van der Waals surface area contributed by atoms with Gasteiger partial charge in [-0.3, -0.25) is 24.0 Å². The summed E-state index contributed by atoms with van der Waals surface area (Å²) >= 11 is 0. The van der Waals surface area contributed by atoms with Gasteiger partial charge in [0.1, 0.15) is 17.8 Å². The molecule has 0 saturated carbocycles. The first-order valence-corrected chi connectivity index (χ1v) is 17.7. The number of anilines is 1. The number of hydrogen-bond acceptors (Lipinski definition) is 9. The highest BCUT2D eigenvalue weighted by Crippen LogP contribution is 2.38. The number of Topliss-reactive ketones (excluding diaryl/α,β-unsaturated/α-hetero) is 1. The number of carboxylic acid groups (broad SMARTS) is 1. The van der Waals surface area contributed by atoms with E-state index in [1.54, 1.807) is 74.5 Å². The Balaban J connectivity index is 1.50. The lowest BCUT2D eigenvalue weighted by atomic mass is 9.86. The summed E-state index contributed by atoms with van der Waals surface area (Å²) in [5, 5.41) is 12.5. The number of esters is 1. The molecule has 54 heavy (non-hydrogen) atoms. The van der Waals surface area contributed by atoms with Crippen LogP contribution in [-0.4, -0.2) is 65.0 Å². The molecule has 0 fully saturated rings. The van der Waals surface area contributed by atoms with Crippen molar-refractivity contribution in [2.45, 2.75) is 58.6 Å². The van der Waals surface area contributed by atoms with Gasteiger partial charge in [0.15, 0.2) is 17.3 Å². The molecule has 0 spiro atoms. The van der Waals surface area contributed by atoms with Crippen molar-refractivity contribution >= 4 is 41.3 Å². The minimum atomic E-state index is -1.86. The fourth-order valence-corrected chi connectivity index (χ4v) is 5.92. The highest BCUT2D eigenvalue weighted by molar-refractivity contribution is 6.40. The normalized spacial score (nSPS) is 14.2. The lowest BCUT2D eigenvalue weighted by Gasteiger charge is -2.34. The zero-order valence-electron chi connectivity index (χ0n) is 30.6. The molecule has 3 aromatic carbocycles. The van der Waals surface area contributed by atoms with Gasteiger partial charge in [-0.15, -0.1) is 0 Å². The van der Waals surface area contributed by atoms with E-state index in [1.807, 2.05) is 56.3 Å². The molecule has 1 aliphatic rings. The monoisotopic (exact) mass is 736 g/mol. The van der Waals surface area contributed by atoms with Crippen LogP contribution in [0.4, 0.5) is 5.69 Å². The molecule has 2 N–H and O–H groups in total. The first-order chi connectivity index (χ1) is 25.9. The number of fused-ring (bicyclic) bond motifs is 1. The largest absolute Gasteiger partial charge is 0.481 e. The van der Waals surface area contributed by atoms with Gasteiger partial charge < -0.3 is 34.0 Å². The van der Waals surface area contributed by atoms with Crippen molar-refractivity contribution in [2.24, 2.45) is 11.8 Å². The number of aliphatic carboxylic acids is 1. The molecule has 12 heteroatoms. The van der Waals surface area contributed by atoms with Gasteiger partial charge in [-0.2, -0.15) is 0 Å². The van der Waals surface area contributed by atoms with Crippen LogP contribution in [-0.2, 0) is 30.3 Å². The maximum absolute atomic E-state index is 14.3. The summed E-state index contributed by atoms with van der Waals surface area (Å²) in [6.45, 7) is 6.99. The predicted molar refractivity (Wildman–Crippen MR) is 200 cm³/mol. The van der Waals surface area contributed by atoms with Gasteiger partial charge in [0.2, 0.25) is 12.6 Å². The fourth-order valence-electron chi connectivity index (χ4n) is 5.92. The third-order valence-corrected chi connectivity index (χ3v) is 9.34. The Morgan fingerprint density at radius 3 is 2.24 bits per heavy atom. The molecular formula is C42H44N2O10. The number of carbonyl (C=O) groups is 5. The number of rotatable bonds is 17. The molecule has 1 aromatic heterocycles. The second-order valence-corrected chi connectivity index (χ2v) is 13.4. The molecule has 5 rings (SSSR count). The van der Waals surface area contributed by atoms with E-state index in [2.05, 4.69) is 5.32 Å². The van der Waals surface area contributed by atoms with Crippen LogP contribution in [0.5, 0.6) is 11.5 Å². The zero-order chi connectivity index (χ0) is 38.8. The first-order valence-electron chi connectivity index (χ1n) is 17.7. The van der Waals surface area contributed by atoms with Crippen molar-refractivity contribution in [2.75, 3.05) is 18.7 Å². The molecule has 0 saturated heterocycles. The lowest BCUT2D eigenvalue weighted by molar-refractivity contribution is -0.164. The molecule has 4 unspecified atom stereocenters. The van der Waals surface area contributed by atoms with E-state index in [9.17, 15) is 29.1 Å². The summed E-state index contributed by atoms with van der Waals surface area (Å²) < 4.78 is 22.7. The number of nitrogens with one attached hydrogen (secondary N) is 1. The smallest absolute Gasteiger partial charge is 0.317 e. The van der Waals surface area contributed by atoms with Gasteiger partial charge in [0, 0.05) is 30.6 Å². The Hall–Kier alpha value is -6.17. The summed E-state index contributed by atoms with van der Waals surface area (Å²) in [4.78, 5) is 67.8. The van der Waals surface area contributed by atoms with Crippen LogP contribution in [0.2, 0.25) is 0 Å². The third-order valence-electron chi connectivity index (χ3n) is 9.34. The van der Waals surface area contributed by atoms with E-state index in [4.69, 9.17) is 18.6 Å². The zero-order valence-corrected chi connectivity index (χ0v) is 30.6. The third kappa shape index (κ3) is 10.0. The van der Waals surface area contributed by atoms with Crippen LogP contribution in [0.1, 0.15) is 67.5 Å². The number of ketones is 1. The number of hydrogen-bond donors (Lipinski definition) is 2. The van der Waals surface area contributed by atoms with Crippen molar-refractivity contribution in [3.63, 3.8) is 0 Å². The topological polar surface area (TPSA) is 162 Å². The lowest BCUT2D eigenvalue weighted by Crippen LogP contribution is -2.49. The molecule has 12 nitrogen and oxygen atoms in total. The Labute approximate surface area is 313 Å². The van der Waals surface area contributed by atoms with Crippen LogP contribution in [0, 0.1) is 11.8 Å². The van der Waals surface area contributed by atoms with E-state index >= 15 is 0 Å². The van der Waals surface area contributed by atoms with Crippen molar-refractivity contribution in [1.82, 2.24) is 4.90 Å². The van der Waals surface area contributed by atoms with Crippen LogP contribution in [0.25, 0.3) is 6.08 Å². The van der Waals surface area contributed by atoms with E-state index in [1.165, 1.54) is 4.90 Å². The van der Waals surface area contributed by atoms with Gasteiger partial charge in [0.05, 0.1) is 6.42 Å². The van der Waals surface area contributed by atoms with Crippen LogP contribution in [0.3, 0.4) is 0 Å². The number of furan rings is 1. The molecule has 4 aromatic rings. The molecule has 4 atom stereocenters. The highest BCUT2D eigenvalue weighted by Gasteiger charge is 2.40. The quantitative estimate of drug-likeness (QED) is 0.0673. The van der Waals surface area contributed by atoms with Crippen LogP contribution < -0.4 is 14.8 Å². The number of amides is 2. The maximum atomic E-state index is 14.3.